The van der Waals surface area contributed by atoms with Gasteiger partial charge in [0, 0.05) is 24.0 Å². The second-order valence-electron chi connectivity index (χ2n) is 5.83. The van der Waals surface area contributed by atoms with Gasteiger partial charge >= 0.3 is 0 Å². The Hall–Kier alpha value is -1.63. The molecule has 0 aliphatic carbocycles. The number of halogens is 2. The molecule has 0 unspecified atom stereocenters. The molecule has 132 valence electrons. The van der Waals surface area contributed by atoms with Gasteiger partial charge in [-0.1, -0.05) is 36.0 Å². The van der Waals surface area contributed by atoms with Crippen molar-refractivity contribution >= 4 is 51.5 Å². The van der Waals surface area contributed by atoms with Gasteiger partial charge in [0.2, 0.25) is 0 Å². The first-order valence-electron chi connectivity index (χ1n) is 8.06. The normalized spacial score (nSPS) is 14.9. The van der Waals surface area contributed by atoms with Crippen LogP contribution in [0.2, 0.25) is 10.0 Å². The first-order valence-corrected chi connectivity index (χ1v) is 9.69. The molecular formula is C17H17Cl2N3O2S. The Labute approximate surface area is 160 Å². The molecule has 5 nitrogen and oxygen atoms in total. The highest BCUT2D eigenvalue weighted by Crippen LogP contribution is 2.24. The Morgan fingerprint density at radius 1 is 1.08 bits per heavy atom. The monoisotopic (exact) mass is 397 g/mol. The fourth-order valence-electron chi connectivity index (χ4n) is 2.67. The van der Waals surface area contributed by atoms with Crippen molar-refractivity contribution in [3.63, 3.8) is 0 Å². The zero-order chi connectivity index (χ0) is 17.8. The van der Waals surface area contributed by atoms with Crippen LogP contribution >= 0.6 is 34.5 Å². The molecule has 1 aliphatic heterocycles. The minimum absolute atomic E-state index is 0.0758. The second kappa shape index (κ2) is 8.17. The number of nitrogens with zero attached hydrogens (tertiary/aromatic N) is 2. The molecule has 1 fully saturated rings. The molecule has 8 heteroatoms. The fraction of sp³-hybridized carbons (Fsp3) is 0.353. The van der Waals surface area contributed by atoms with Gasteiger partial charge in [0.25, 0.3) is 11.8 Å². The van der Waals surface area contributed by atoms with Gasteiger partial charge in [0.05, 0.1) is 10.0 Å². The van der Waals surface area contributed by atoms with E-state index in [0.717, 1.165) is 38.8 Å². The van der Waals surface area contributed by atoms with Crippen LogP contribution in [0.1, 0.15) is 46.5 Å². The van der Waals surface area contributed by atoms with Crippen LogP contribution in [0.4, 0.5) is 5.13 Å². The Morgan fingerprint density at radius 3 is 2.48 bits per heavy atom. The summed E-state index contributed by atoms with van der Waals surface area (Å²) in [5.74, 6) is -0.421. The van der Waals surface area contributed by atoms with E-state index in [4.69, 9.17) is 23.2 Å². The molecule has 2 aromatic rings. The zero-order valence-corrected chi connectivity index (χ0v) is 15.8. The van der Waals surface area contributed by atoms with Crippen LogP contribution in [0.15, 0.2) is 23.6 Å². The zero-order valence-electron chi connectivity index (χ0n) is 13.4. The number of nitrogens with one attached hydrogen (secondary N) is 1. The average Bonchev–Trinajstić information content (AvgIpc) is 2.89. The standard InChI is InChI=1S/C17H17Cl2N3O2S/c18-12-6-5-11(9-13(12)19)15(23)21-17-20-14(10-25-17)16(24)22-7-3-1-2-4-8-22/h5-6,9-10H,1-4,7-8H2,(H,20,21,23). The molecule has 0 bridgehead atoms. The van der Waals surface area contributed by atoms with Crippen molar-refractivity contribution in [2.24, 2.45) is 0 Å². The maximum absolute atomic E-state index is 12.5. The summed E-state index contributed by atoms with van der Waals surface area (Å²) in [6.07, 6.45) is 4.37. The highest BCUT2D eigenvalue weighted by Gasteiger charge is 2.20. The van der Waals surface area contributed by atoms with Crippen molar-refractivity contribution in [3.8, 4) is 0 Å². The van der Waals surface area contributed by atoms with Crippen LogP contribution < -0.4 is 5.32 Å². The van der Waals surface area contributed by atoms with Gasteiger partial charge in [-0.15, -0.1) is 11.3 Å². The van der Waals surface area contributed by atoms with E-state index in [9.17, 15) is 9.59 Å². The molecule has 3 rings (SSSR count). The maximum Gasteiger partial charge on any atom is 0.273 e. The topological polar surface area (TPSA) is 62.3 Å². The molecular weight excluding hydrogens is 381 g/mol. The second-order valence-corrected chi connectivity index (χ2v) is 7.50. The Morgan fingerprint density at radius 2 is 1.80 bits per heavy atom. The smallest absolute Gasteiger partial charge is 0.273 e. The summed E-state index contributed by atoms with van der Waals surface area (Å²) in [5.41, 5.74) is 0.751. The summed E-state index contributed by atoms with van der Waals surface area (Å²) >= 11 is 13.0. The van der Waals surface area contributed by atoms with E-state index in [1.165, 1.54) is 17.4 Å². The van der Waals surface area contributed by atoms with E-state index in [1.54, 1.807) is 17.5 Å². The average molecular weight is 398 g/mol. The SMILES string of the molecule is O=C(Nc1nc(C(=O)N2CCCCCC2)cs1)c1ccc(Cl)c(Cl)c1. The molecule has 0 radical (unpaired) electrons. The minimum atomic E-state index is -0.346. The molecule has 0 atom stereocenters. The fourth-order valence-corrected chi connectivity index (χ4v) is 3.65. The predicted octanol–water partition coefficient (Wildman–Crippen LogP) is 4.72. The lowest BCUT2D eigenvalue weighted by Gasteiger charge is -2.18. The number of thiazole rings is 1. The molecule has 0 spiro atoms. The Balaban J connectivity index is 1.67. The number of carbonyl (C=O) groups is 2. The lowest BCUT2D eigenvalue weighted by Crippen LogP contribution is -2.32. The Kier molecular flexibility index (Phi) is 5.93. The van der Waals surface area contributed by atoms with Crippen molar-refractivity contribution in [1.29, 1.82) is 0 Å². The maximum atomic E-state index is 12.5. The lowest BCUT2D eigenvalue weighted by molar-refractivity contribution is 0.0756. The van der Waals surface area contributed by atoms with Gasteiger partial charge < -0.3 is 4.90 Å². The van der Waals surface area contributed by atoms with Crippen molar-refractivity contribution in [2.45, 2.75) is 25.7 Å². The van der Waals surface area contributed by atoms with Gasteiger partial charge in [0.15, 0.2) is 5.13 Å². The molecule has 1 aliphatic rings. The van der Waals surface area contributed by atoms with Crippen molar-refractivity contribution in [1.82, 2.24) is 9.88 Å². The lowest BCUT2D eigenvalue weighted by atomic mass is 10.2. The summed E-state index contributed by atoms with van der Waals surface area (Å²) < 4.78 is 0. The van der Waals surface area contributed by atoms with Crippen molar-refractivity contribution in [3.05, 3.63) is 44.9 Å². The van der Waals surface area contributed by atoms with Gasteiger partial charge in [0.1, 0.15) is 5.69 Å². The number of hydrogen-bond donors (Lipinski definition) is 1. The molecule has 1 N–H and O–H groups in total. The number of hydrogen-bond acceptors (Lipinski definition) is 4. The summed E-state index contributed by atoms with van der Waals surface area (Å²) in [6.45, 7) is 1.53. The third kappa shape index (κ3) is 4.51. The number of carbonyl (C=O) groups excluding carboxylic acids is 2. The van der Waals surface area contributed by atoms with E-state index >= 15 is 0 Å². The highest BCUT2D eigenvalue weighted by molar-refractivity contribution is 7.14. The van der Waals surface area contributed by atoms with Crippen LogP contribution in [0.25, 0.3) is 0 Å². The summed E-state index contributed by atoms with van der Waals surface area (Å²) in [6, 6.07) is 4.64. The summed E-state index contributed by atoms with van der Waals surface area (Å²) in [7, 11) is 0. The molecule has 2 heterocycles. The molecule has 2 amide bonds. The number of aromatic nitrogens is 1. The molecule has 1 saturated heterocycles. The van der Waals surface area contributed by atoms with E-state index in [-0.39, 0.29) is 11.8 Å². The summed E-state index contributed by atoms with van der Waals surface area (Å²) in [5, 5.41) is 5.45. The van der Waals surface area contributed by atoms with E-state index in [0.29, 0.717) is 26.4 Å². The number of rotatable bonds is 3. The van der Waals surface area contributed by atoms with Crippen molar-refractivity contribution in [2.75, 3.05) is 18.4 Å². The minimum Gasteiger partial charge on any atom is -0.337 e. The van der Waals surface area contributed by atoms with Crippen LogP contribution in [0, 0.1) is 0 Å². The summed E-state index contributed by atoms with van der Waals surface area (Å²) in [4.78, 5) is 30.9. The quantitative estimate of drug-likeness (QED) is 0.814. The molecule has 1 aromatic heterocycles. The van der Waals surface area contributed by atoms with Crippen LogP contribution in [-0.2, 0) is 0 Å². The van der Waals surface area contributed by atoms with Gasteiger partial charge in [-0.2, -0.15) is 0 Å². The molecule has 1 aromatic carbocycles. The van der Waals surface area contributed by atoms with Crippen LogP contribution in [-0.4, -0.2) is 34.8 Å². The number of amides is 2. The first kappa shape index (κ1) is 18.2. The highest BCUT2D eigenvalue weighted by atomic mass is 35.5. The number of likely N-dealkylation sites (tertiary alicyclic amines) is 1. The van der Waals surface area contributed by atoms with E-state index < -0.39 is 0 Å². The number of anilines is 1. The third-order valence-electron chi connectivity index (χ3n) is 4.02. The van der Waals surface area contributed by atoms with Crippen LogP contribution in [0.3, 0.4) is 0 Å². The van der Waals surface area contributed by atoms with Gasteiger partial charge in [-0.3, -0.25) is 14.9 Å². The van der Waals surface area contributed by atoms with Crippen molar-refractivity contribution < 1.29 is 9.59 Å². The largest absolute Gasteiger partial charge is 0.337 e. The van der Waals surface area contributed by atoms with E-state index in [2.05, 4.69) is 10.3 Å². The van der Waals surface area contributed by atoms with E-state index in [1.807, 2.05) is 4.90 Å². The van der Waals surface area contributed by atoms with Crippen LogP contribution in [0.5, 0.6) is 0 Å². The first-order chi connectivity index (χ1) is 12.0. The molecule has 25 heavy (non-hydrogen) atoms. The third-order valence-corrected chi connectivity index (χ3v) is 5.52. The number of benzene rings is 1. The predicted molar refractivity (Wildman–Crippen MR) is 101 cm³/mol. The Bertz CT molecular complexity index is 786. The molecule has 0 saturated carbocycles. The van der Waals surface area contributed by atoms with Gasteiger partial charge in [-0.25, -0.2) is 4.98 Å². The van der Waals surface area contributed by atoms with Gasteiger partial charge in [-0.05, 0) is 31.0 Å².